The molecule has 0 aliphatic carbocycles. The Balaban J connectivity index is 2.06. The van der Waals surface area contributed by atoms with Gasteiger partial charge in [0.1, 0.15) is 17.4 Å². The molecule has 114 valence electrons. The fourth-order valence-corrected chi connectivity index (χ4v) is 2.63. The number of benzene rings is 1. The van der Waals surface area contributed by atoms with E-state index in [1.807, 2.05) is 32.0 Å². The van der Waals surface area contributed by atoms with Crippen LogP contribution in [0.2, 0.25) is 0 Å². The largest absolute Gasteiger partial charge is 0.487 e. The molecule has 5 nitrogen and oxygen atoms in total. The monoisotopic (exact) mass is 298 g/mol. The first kappa shape index (κ1) is 14.4. The van der Waals surface area contributed by atoms with E-state index in [0.717, 1.165) is 11.3 Å². The highest BCUT2D eigenvalue weighted by Gasteiger charge is 2.29. The molecule has 0 radical (unpaired) electrons. The van der Waals surface area contributed by atoms with E-state index in [1.165, 1.54) is 12.3 Å². The number of amides is 1. The topological polar surface area (TPSA) is 62.4 Å². The molecule has 1 aromatic heterocycles. The number of hydrogen-bond donors (Lipinski definition) is 1. The molecule has 1 aliphatic heterocycles. The summed E-state index contributed by atoms with van der Waals surface area (Å²) in [7, 11) is 0. The first-order valence-electron chi connectivity index (χ1n) is 7.24. The highest BCUT2D eigenvalue weighted by atomic mass is 16.5. The fourth-order valence-electron chi connectivity index (χ4n) is 2.63. The zero-order valence-electron chi connectivity index (χ0n) is 12.8. The predicted molar refractivity (Wildman–Crippen MR) is 84.7 cm³/mol. The predicted octanol–water partition coefficient (Wildman–Crippen LogP) is 2.42. The quantitative estimate of drug-likeness (QED) is 0.879. The smallest absolute Gasteiger partial charge is 0.263 e. The summed E-state index contributed by atoms with van der Waals surface area (Å²) < 4.78 is 5.77. The van der Waals surface area contributed by atoms with Gasteiger partial charge in [-0.15, -0.1) is 0 Å². The normalized spacial score (nSPS) is 16.9. The summed E-state index contributed by atoms with van der Waals surface area (Å²) in [6, 6.07) is 7.15. The summed E-state index contributed by atoms with van der Waals surface area (Å²) in [4.78, 5) is 29.4. The highest BCUT2D eigenvalue weighted by molar-refractivity contribution is 6.07. The van der Waals surface area contributed by atoms with Gasteiger partial charge in [0.2, 0.25) is 0 Å². The van der Waals surface area contributed by atoms with Gasteiger partial charge in [-0.3, -0.25) is 9.59 Å². The fraction of sp³-hybridized carbons (Fsp3) is 0.294. The molecule has 22 heavy (non-hydrogen) atoms. The lowest BCUT2D eigenvalue weighted by Gasteiger charge is -2.33. The summed E-state index contributed by atoms with van der Waals surface area (Å²) in [6.07, 6.45) is 1.36. The van der Waals surface area contributed by atoms with Crippen molar-refractivity contribution in [1.29, 1.82) is 0 Å². The third-order valence-corrected chi connectivity index (χ3v) is 3.71. The Morgan fingerprint density at radius 1 is 1.32 bits per heavy atom. The Morgan fingerprint density at radius 3 is 2.82 bits per heavy atom. The van der Waals surface area contributed by atoms with E-state index in [-0.39, 0.29) is 23.0 Å². The lowest BCUT2D eigenvalue weighted by atomic mass is 10.1. The maximum absolute atomic E-state index is 12.8. The van der Waals surface area contributed by atoms with Gasteiger partial charge in [0, 0.05) is 18.0 Å². The van der Waals surface area contributed by atoms with Gasteiger partial charge >= 0.3 is 0 Å². The molecule has 0 saturated carbocycles. The van der Waals surface area contributed by atoms with Crippen LogP contribution in [0.25, 0.3) is 0 Å². The van der Waals surface area contributed by atoms with Gasteiger partial charge in [-0.1, -0.05) is 6.07 Å². The van der Waals surface area contributed by atoms with Crippen LogP contribution < -0.4 is 15.1 Å². The number of anilines is 1. The number of aryl methyl sites for hydroxylation is 2. The second kappa shape index (κ2) is 5.33. The van der Waals surface area contributed by atoms with Gasteiger partial charge in [-0.05, 0) is 38.5 Å². The first-order chi connectivity index (χ1) is 10.5. The van der Waals surface area contributed by atoms with E-state index < -0.39 is 0 Å². The number of aromatic nitrogens is 1. The average molecular weight is 298 g/mol. The van der Waals surface area contributed by atoms with E-state index in [0.29, 0.717) is 18.0 Å². The van der Waals surface area contributed by atoms with Crippen LogP contribution in [0.5, 0.6) is 5.75 Å². The van der Waals surface area contributed by atoms with Crippen molar-refractivity contribution in [2.45, 2.75) is 26.9 Å². The number of pyridine rings is 1. The molecule has 3 rings (SSSR count). The standard InChI is InChI=1S/C17H18N2O3/c1-10-4-5-16-14(6-10)19(9-12(3)22-16)17(21)13-8-18-11(2)7-15(13)20/h4-8,12H,9H2,1-3H3,(H,18,20)/t12-/m0/s1. The van der Waals surface area contributed by atoms with Gasteiger partial charge < -0.3 is 14.6 Å². The van der Waals surface area contributed by atoms with Crippen molar-refractivity contribution < 1.29 is 9.53 Å². The second-order valence-electron chi connectivity index (χ2n) is 5.71. The second-order valence-corrected chi connectivity index (χ2v) is 5.71. The maximum Gasteiger partial charge on any atom is 0.263 e. The van der Waals surface area contributed by atoms with Crippen LogP contribution in [0.1, 0.15) is 28.5 Å². The van der Waals surface area contributed by atoms with Crippen molar-refractivity contribution in [3.8, 4) is 5.75 Å². The molecule has 2 aromatic rings. The minimum atomic E-state index is -0.303. The number of fused-ring (bicyclic) bond motifs is 1. The van der Waals surface area contributed by atoms with Crippen molar-refractivity contribution in [2.24, 2.45) is 0 Å². The Hall–Kier alpha value is -2.56. The minimum Gasteiger partial charge on any atom is -0.487 e. The summed E-state index contributed by atoms with van der Waals surface area (Å²) in [5.41, 5.74) is 2.35. The summed E-state index contributed by atoms with van der Waals surface area (Å²) in [5, 5.41) is 0. The van der Waals surface area contributed by atoms with Gasteiger partial charge in [0.15, 0.2) is 5.43 Å². The molecule has 2 heterocycles. The van der Waals surface area contributed by atoms with Crippen LogP contribution >= 0.6 is 0 Å². The number of carbonyl (C=O) groups excluding carboxylic acids is 1. The van der Waals surface area contributed by atoms with Gasteiger partial charge in [0.05, 0.1) is 12.2 Å². The van der Waals surface area contributed by atoms with Gasteiger partial charge in [-0.2, -0.15) is 0 Å². The summed E-state index contributed by atoms with van der Waals surface area (Å²) in [5.74, 6) is 0.365. The van der Waals surface area contributed by atoms with Crippen LogP contribution in [0.4, 0.5) is 5.69 Å². The Bertz CT molecular complexity index is 795. The number of rotatable bonds is 1. The molecular weight excluding hydrogens is 280 g/mol. The lowest BCUT2D eigenvalue weighted by molar-refractivity contribution is 0.0959. The molecule has 1 amide bonds. The molecule has 1 atom stereocenters. The van der Waals surface area contributed by atoms with Crippen molar-refractivity contribution in [2.75, 3.05) is 11.4 Å². The number of aromatic amines is 1. The zero-order chi connectivity index (χ0) is 15.9. The van der Waals surface area contributed by atoms with Gasteiger partial charge in [-0.25, -0.2) is 0 Å². The molecule has 0 unspecified atom stereocenters. The van der Waals surface area contributed by atoms with Crippen molar-refractivity contribution in [1.82, 2.24) is 4.98 Å². The molecule has 1 aliphatic rings. The molecule has 1 aromatic carbocycles. The maximum atomic E-state index is 12.8. The molecule has 5 heteroatoms. The number of carbonyl (C=O) groups is 1. The highest BCUT2D eigenvalue weighted by Crippen LogP contribution is 2.34. The van der Waals surface area contributed by atoms with Crippen molar-refractivity contribution >= 4 is 11.6 Å². The number of H-pyrrole nitrogens is 1. The van der Waals surface area contributed by atoms with Crippen LogP contribution in [0.15, 0.2) is 35.3 Å². The van der Waals surface area contributed by atoms with Crippen LogP contribution in [0, 0.1) is 13.8 Å². The SMILES string of the molecule is Cc1ccc2c(c1)N(C(=O)c1c[nH]c(C)cc1=O)C[C@H](C)O2. The molecular formula is C17H18N2O3. The number of hydrogen-bond acceptors (Lipinski definition) is 3. The number of ether oxygens (including phenoxy) is 1. The van der Waals surface area contributed by atoms with E-state index in [4.69, 9.17) is 4.74 Å². The molecule has 0 fully saturated rings. The Labute approximate surface area is 128 Å². The molecule has 0 spiro atoms. The first-order valence-corrected chi connectivity index (χ1v) is 7.24. The van der Waals surface area contributed by atoms with Crippen molar-refractivity contribution in [3.63, 3.8) is 0 Å². The zero-order valence-corrected chi connectivity index (χ0v) is 12.8. The van der Waals surface area contributed by atoms with E-state index >= 15 is 0 Å². The van der Waals surface area contributed by atoms with E-state index in [9.17, 15) is 9.59 Å². The summed E-state index contributed by atoms with van der Waals surface area (Å²) >= 11 is 0. The van der Waals surface area contributed by atoms with Crippen LogP contribution in [0.3, 0.4) is 0 Å². The Morgan fingerprint density at radius 2 is 2.09 bits per heavy atom. The van der Waals surface area contributed by atoms with Crippen LogP contribution in [-0.2, 0) is 0 Å². The van der Waals surface area contributed by atoms with Gasteiger partial charge in [0.25, 0.3) is 5.91 Å². The van der Waals surface area contributed by atoms with Crippen molar-refractivity contribution in [3.05, 3.63) is 57.5 Å². The minimum absolute atomic E-state index is 0.122. The third kappa shape index (κ3) is 2.50. The number of nitrogens with one attached hydrogen (secondary N) is 1. The molecule has 1 N–H and O–H groups in total. The average Bonchev–Trinajstić information content (AvgIpc) is 2.46. The third-order valence-electron chi connectivity index (χ3n) is 3.71. The van der Waals surface area contributed by atoms with E-state index in [1.54, 1.807) is 11.8 Å². The van der Waals surface area contributed by atoms with E-state index in [2.05, 4.69) is 4.98 Å². The summed E-state index contributed by atoms with van der Waals surface area (Å²) in [6.45, 7) is 6.07. The number of nitrogens with zero attached hydrogens (tertiary/aromatic N) is 1. The van der Waals surface area contributed by atoms with Crippen LogP contribution in [-0.4, -0.2) is 23.5 Å². The lowest BCUT2D eigenvalue weighted by Crippen LogP contribution is -2.43. The Kier molecular flexibility index (Phi) is 3.48. The molecule has 0 bridgehead atoms. The molecule has 0 saturated heterocycles.